The molecule has 1 heterocycles. The topological polar surface area (TPSA) is 56.8 Å². The Kier molecular flexibility index (Phi) is 4.83. The third-order valence-electron chi connectivity index (χ3n) is 4.49. The summed E-state index contributed by atoms with van der Waals surface area (Å²) in [6.07, 6.45) is -0.0383. The molecule has 4 rings (SSSR count). The van der Waals surface area contributed by atoms with Gasteiger partial charge in [-0.05, 0) is 30.0 Å². The third kappa shape index (κ3) is 3.67. The minimum atomic E-state index is -0.594. The van der Waals surface area contributed by atoms with Crippen LogP contribution in [-0.4, -0.2) is 25.2 Å². The van der Waals surface area contributed by atoms with Gasteiger partial charge in [0, 0.05) is 17.1 Å². The van der Waals surface area contributed by atoms with Crippen molar-refractivity contribution < 1.29 is 19.0 Å². The maximum absolute atomic E-state index is 12.7. The molecule has 0 unspecified atom stereocenters. The molecule has 0 saturated heterocycles. The lowest BCUT2D eigenvalue weighted by molar-refractivity contribution is -0.122. The fraction of sp³-hybridized carbons (Fsp3) is 0.227. The molecule has 3 aromatic carbocycles. The van der Waals surface area contributed by atoms with Crippen LogP contribution in [0.3, 0.4) is 0 Å². The Labute approximate surface area is 157 Å². The van der Waals surface area contributed by atoms with Crippen molar-refractivity contribution in [2.75, 3.05) is 18.5 Å². The summed E-state index contributed by atoms with van der Waals surface area (Å²) in [5.41, 5.74) is 0.657. The van der Waals surface area contributed by atoms with Gasteiger partial charge in [0.15, 0.2) is 17.6 Å². The Morgan fingerprint density at radius 1 is 1.04 bits per heavy atom. The highest BCUT2D eigenvalue weighted by atomic mass is 16.6. The number of carbonyl (C=O) groups excluding carboxylic acids is 1. The van der Waals surface area contributed by atoms with Crippen LogP contribution in [0.2, 0.25) is 0 Å². The Morgan fingerprint density at radius 2 is 1.81 bits per heavy atom. The van der Waals surface area contributed by atoms with Crippen molar-refractivity contribution in [2.24, 2.45) is 0 Å². The molecule has 5 heteroatoms. The van der Waals surface area contributed by atoms with E-state index in [1.165, 1.54) is 0 Å². The number of ether oxygens (including phenoxy) is 3. The normalized spacial score (nSPS) is 13.8. The van der Waals surface area contributed by atoms with Crippen LogP contribution in [0, 0.1) is 0 Å². The van der Waals surface area contributed by atoms with Gasteiger partial charge < -0.3 is 19.5 Å². The first-order chi connectivity index (χ1) is 13.2. The van der Waals surface area contributed by atoms with Gasteiger partial charge >= 0.3 is 0 Å². The van der Waals surface area contributed by atoms with E-state index in [0.717, 1.165) is 10.8 Å². The van der Waals surface area contributed by atoms with E-state index in [0.29, 0.717) is 42.6 Å². The molecule has 27 heavy (non-hydrogen) atoms. The molecular formula is C22H21NO4. The molecule has 3 aromatic rings. The third-order valence-corrected chi connectivity index (χ3v) is 4.49. The number of rotatable bonds is 5. The average Bonchev–Trinajstić information content (AvgIpc) is 2.72. The number of anilines is 1. The molecule has 1 aliphatic rings. The smallest absolute Gasteiger partial charge is 0.265 e. The standard InChI is InChI=1S/C22H21NO4/c1-2-18(27-19-9-5-7-15-6-3-4-8-17(15)19)22(24)23-16-10-11-20-21(14-16)26-13-12-25-20/h3-11,14,18H,2,12-13H2,1H3,(H,23,24)/t18-/m0/s1. The van der Waals surface area contributed by atoms with Crippen LogP contribution >= 0.6 is 0 Å². The zero-order chi connectivity index (χ0) is 18.6. The lowest BCUT2D eigenvalue weighted by Crippen LogP contribution is -2.32. The number of nitrogens with one attached hydrogen (secondary N) is 1. The summed E-state index contributed by atoms with van der Waals surface area (Å²) in [6.45, 7) is 2.97. The number of amides is 1. The second-order valence-corrected chi connectivity index (χ2v) is 6.34. The molecule has 138 valence electrons. The monoisotopic (exact) mass is 363 g/mol. The van der Waals surface area contributed by atoms with Gasteiger partial charge in [0.2, 0.25) is 0 Å². The van der Waals surface area contributed by atoms with E-state index >= 15 is 0 Å². The number of benzene rings is 3. The Hall–Kier alpha value is -3.21. The van der Waals surface area contributed by atoms with Crippen molar-refractivity contribution in [2.45, 2.75) is 19.4 Å². The van der Waals surface area contributed by atoms with Gasteiger partial charge in [-0.25, -0.2) is 0 Å². The minimum Gasteiger partial charge on any atom is -0.486 e. The molecule has 1 aliphatic heterocycles. The van der Waals surface area contributed by atoms with Gasteiger partial charge in [-0.2, -0.15) is 0 Å². The number of hydrogen-bond donors (Lipinski definition) is 1. The molecule has 1 atom stereocenters. The molecule has 5 nitrogen and oxygen atoms in total. The van der Waals surface area contributed by atoms with Crippen molar-refractivity contribution in [3.63, 3.8) is 0 Å². The maximum Gasteiger partial charge on any atom is 0.265 e. The lowest BCUT2D eigenvalue weighted by atomic mass is 10.1. The van der Waals surface area contributed by atoms with E-state index in [1.54, 1.807) is 18.2 Å². The van der Waals surface area contributed by atoms with E-state index in [1.807, 2.05) is 49.4 Å². The fourth-order valence-corrected chi connectivity index (χ4v) is 3.12. The van der Waals surface area contributed by atoms with E-state index in [2.05, 4.69) is 5.32 Å². The Balaban J connectivity index is 1.51. The van der Waals surface area contributed by atoms with Crippen LogP contribution in [0.15, 0.2) is 60.7 Å². The van der Waals surface area contributed by atoms with Gasteiger partial charge in [0.1, 0.15) is 19.0 Å². The summed E-state index contributed by atoms with van der Waals surface area (Å²) in [5.74, 6) is 1.85. The van der Waals surface area contributed by atoms with E-state index < -0.39 is 6.10 Å². The summed E-state index contributed by atoms with van der Waals surface area (Å²) >= 11 is 0. The highest BCUT2D eigenvalue weighted by molar-refractivity contribution is 5.95. The van der Waals surface area contributed by atoms with Gasteiger partial charge in [0.05, 0.1) is 0 Å². The molecule has 0 saturated carbocycles. The predicted octanol–water partition coefficient (Wildman–Crippen LogP) is 4.41. The summed E-state index contributed by atoms with van der Waals surface area (Å²) in [7, 11) is 0. The number of hydrogen-bond acceptors (Lipinski definition) is 4. The molecule has 0 radical (unpaired) electrons. The van der Waals surface area contributed by atoms with E-state index in [9.17, 15) is 4.79 Å². The van der Waals surface area contributed by atoms with Gasteiger partial charge in [-0.3, -0.25) is 4.79 Å². The van der Waals surface area contributed by atoms with Crippen molar-refractivity contribution in [3.8, 4) is 17.2 Å². The molecular weight excluding hydrogens is 342 g/mol. The summed E-state index contributed by atoms with van der Waals surface area (Å²) in [5, 5.41) is 4.98. The molecule has 0 aliphatic carbocycles. The van der Waals surface area contributed by atoms with Gasteiger partial charge in [-0.1, -0.05) is 43.3 Å². The van der Waals surface area contributed by atoms with E-state index in [-0.39, 0.29) is 5.91 Å². The van der Waals surface area contributed by atoms with Crippen LogP contribution in [0.5, 0.6) is 17.2 Å². The van der Waals surface area contributed by atoms with Crippen LogP contribution in [0.25, 0.3) is 10.8 Å². The van der Waals surface area contributed by atoms with Gasteiger partial charge in [-0.15, -0.1) is 0 Å². The maximum atomic E-state index is 12.7. The van der Waals surface area contributed by atoms with E-state index in [4.69, 9.17) is 14.2 Å². The SMILES string of the molecule is CC[C@H](Oc1cccc2ccccc12)C(=O)Nc1ccc2c(c1)OCCO2. The summed E-state index contributed by atoms with van der Waals surface area (Å²) in [6, 6.07) is 19.2. The molecule has 1 amide bonds. The van der Waals surface area contributed by atoms with Crippen LogP contribution < -0.4 is 19.5 Å². The number of carbonyl (C=O) groups is 1. The largest absolute Gasteiger partial charge is 0.486 e. The first kappa shape index (κ1) is 17.2. The molecule has 1 N–H and O–H groups in total. The molecule has 0 aromatic heterocycles. The van der Waals surface area contributed by atoms with Crippen molar-refractivity contribution in [3.05, 3.63) is 60.7 Å². The first-order valence-electron chi connectivity index (χ1n) is 9.09. The quantitative estimate of drug-likeness (QED) is 0.730. The summed E-state index contributed by atoms with van der Waals surface area (Å²) < 4.78 is 17.1. The lowest BCUT2D eigenvalue weighted by Gasteiger charge is -2.21. The fourth-order valence-electron chi connectivity index (χ4n) is 3.12. The van der Waals surface area contributed by atoms with Gasteiger partial charge in [0.25, 0.3) is 5.91 Å². The summed E-state index contributed by atoms with van der Waals surface area (Å²) in [4.78, 5) is 12.7. The van der Waals surface area contributed by atoms with Crippen LogP contribution in [0.1, 0.15) is 13.3 Å². The van der Waals surface area contributed by atoms with Crippen LogP contribution in [-0.2, 0) is 4.79 Å². The first-order valence-corrected chi connectivity index (χ1v) is 9.09. The number of fused-ring (bicyclic) bond motifs is 2. The van der Waals surface area contributed by atoms with Crippen molar-refractivity contribution in [1.29, 1.82) is 0 Å². The molecule has 0 bridgehead atoms. The predicted molar refractivity (Wildman–Crippen MR) is 105 cm³/mol. The zero-order valence-electron chi connectivity index (χ0n) is 15.1. The second kappa shape index (κ2) is 7.58. The minimum absolute atomic E-state index is 0.192. The highest BCUT2D eigenvalue weighted by Crippen LogP contribution is 2.33. The average molecular weight is 363 g/mol. The molecule has 0 fully saturated rings. The van der Waals surface area contributed by atoms with Crippen LogP contribution in [0.4, 0.5) is 5.69 Å². The Bertz CT molecular complexity index is 964. The zero-order valence-corrected chi connectivity index (χ0v) is 15.1. The van der Waals surface area contributed by atoms with Crippen molar-refractivity contribution >= 4 is 22.4 Å². The second-order valence-electron chi connectivity index (χ2n) is 6.34. The Morgan fingerprint density at radius 3 is 2.67 bits per heavy atom. The highest BCUT2D eigenvalue weighted by Gasteiger charge is 2.20. The molecule has 0 spiro atoms. The van der Waals surface area contributed by atoms with Crippen molar-refractivity contribution in [1.82, 2.24) is 0 Å².